The topological polar surface area (TPSA) is 86.6 Å². The summed E-state index contributed by atoms with van der Waals surface area (Å²) in [4.78, 5) is 22.4. The number of halogens is 1. The van der Waals surface area contributed by atoms with E-state index in [4.69, 9.17) is 5.11 Å². The van der Waals surface area contributed by atoms with Crippen molar-refractivity contribution in [1.82, 2.24) is 0 Å². The van der Waals surface area contributed by atoms with Gasteiger partial charge in [0.25, 0.3) is 0 Å². The SMILES string of the molecule is CC(C)(Br)C(=O)Nc1cc(C(=O)O)ccc1O. The molecule has 17 heavy (non-hydrogen) atoms. The number of phenols is 1. The number of hydrogen-bond acceptors (Lipinski definition) is 3. The van der Waals surface area contributed by atoms with Crippen molar-refractivity contribution in [2.45, 2.75) is 18.2 Å². The number of carboxylic acid groups (broad SMARTS) is 1. The zero-order valence-corrected chi connectivity index (χ0v) is 10.9. The number of nitrogens with one attached hydrogen (secondary N) is 1. The second-order valence-corrected chi connectivity index (χ2v) is 5.95. The fourth-order valence-corrected chi connectivity index (χ4v) is 1.14. The first kappa shape index (κ1) is 13.5. The highest BCUT2D eigenvalue weighted by atomic mass is 79.9. The Morgan fingerprint density at radius 3 is 2.41 bits per heavy atom. The summed E-state index contributed by atoms with van der Waals surface area (Å²) in [5, 5.41) is 20.7. The van der Waals surface area contributed by atoms with Crippen LogP contribution >= 0.6 is 15.9 Å². The molecule has 0 bridgehead atoms. The van der Waals surface area contributed by atoms with Gasteiger partial charge in [0.2, 0.25) is 5.91 Å². The number of phenolic OH excluding ortho intramolecular Hbond substituents is 1. The highest BCUT2D eigenvalue weighted by Crippen LogP contribution is 2.26. The molecule has 0 fully saturated rings. The first-order chi connectivity index (χ1) is 7.71. The Kier molecular flexibility index (Phi) is 3.77. The molecule has 92 valence electrons. The molecule has 3 N–H and O–H groups in total. The van der Waals surface area contributed by atoms with Crippen LogP contribution in [-0.4, -0.2) is 26.4 Å². The minimum atomic E-state index is -1.13. The average Bonchev–Trinajstić information content (AvgIpc) is 2.19. The predicted molar refractivity (Wildman–Crippen MR) is 66.7 cm³/mol. The Morgan fingerprint density at radius 1 is 1.35 bits per heavy atom. The average molecular weight is 302 g/mol. The van der Waals surface area contributed by atoms with Crippen molar-refractivity contribution in [1.29, 1.82) is 0 Å². The van der Waals surface area contributed by atoms with E-state index in [9.17, 15) is 14.7 Å². The van der Waals surface area contributed by atoms with E-state index in [1.54, 1.807) is 13.8 Å². The number of rotatable bonds is 3. The van der Waals surface area contributed by atoms with E-state index in [0.717, 1.165) is 0 Å². The molecule has 6 heteroatoms. The number of anilines is 1. The third-order valence-electron chi connectivity index (χ3n) is 2.03. The van der Waals surface area contributed by atoms with Gasteiger partial charge in [-0.1, -0.05) is 15.9 Å². The summed E-state index contributed by atoms with van der Waals surface area (Å²) in [7, 11) is 0. The van der Waals surface area contributed by atoms with E-state index in [0.29, 0.717) is 0 Å². The molecule has 0 unspecified atom stereocenters. The molecular weight excluding hydrogens is 290 g/mol. The Morgan fingerprint density at radius 2 is 1.94 bits per heavy atom. The maximum atomic E-state index is 11.7. The number of carbonyl (C=O) groups excluding carboxylic acids is 1. The summed E-state index contributed by atoms with van der Waals surface area (Å²) in [5.74, 6) is -1.69. The summed E-state index contributed by atoms with van der Waals surface area (Å²) < 4.78 is -0.807. The van der Waals surface area contributed by atoms with Crippen molar-refractivity contribution >= 4 is 33.5 Å². The van der Waals surface area contributed by atoms with E-state index in [2.05, 4.69) is 21.2 Å². The lowest BCUT2D eigenvalue weighted by atomic mass is 10.1. The Balaban J connectivity index is 3.02. The molecule has 1 rings (SSSR count). The number of amides is 1. The first-order valence-corrected chi connectivity index (χ1v) is 5.58. The Bertz CT molecular complexity index is 465. The molecule has 0 aliphatic carbocycles. The second-order valence-electron chi connectivity index (χ2n) is 3.96. The normalized spacial score (nSPS) is 11.0. The smallest absolute Gasteiger partial charge is 0.335 e. The van der Waals surface area contributed by atoms with Crippen LogP contribution < -0.4 is 5.32 Å². The molecule has 0 aliphatic rings. The van der Waals surface area contributed by atoms with Crippen molar-refractivity contribution < 1.29 is 19.8 Å². The summed E-state index contributed by atoms with van der Waals surface area (Å²) >= 11 is 3.16. The Hall–Kier alpha value is -1.56. The molecule has 0 spiro atoms. The Labute approximate surface area is 107 Å². The van der Waals surface area contributed by atoms with Crippen LogP contribution in [0.1, 0.15) is 24.2 Å². The van der Waals surface area contributed by atoms with Crippen LogP contribution in [0.3, 0.4) is 0 Å². The fraction of sp³-hybridized carbons (Fsp3) is 0.273. The highest BCUT2D eigenvalue weighted by molar-refractivity contribution is 9.10. The van der Waals surface area contributed by atoms with Crippen LogP contribution in [0, 0.1) is 0 Å². The summed E-state index contributed by atoms with van der Waals surface area (Å²) in [6.45, 7) is 3.28. The van der Waals surface area contributed by atoms with Gasteiger partial charge in [-0.25, -0.2) is 4.79 Å². The van der Waals surface area contributed by atoms with Crippen LogP contribution in [0.4, 0.5) is 5.69 Å². The molecule has 1 aromatic rings. The lowest BCUT2D eigenvalue weighted by Crippen LogP contribution is -2.31. The van der Waals surface area contributed by atoms with Gasteiger partial charge in [-0.15, -0.1) is 0 Å². The number of aromatic carboxylic acids is 1. The first-order valence-electron chi connectivity index (χ1n) is 4.78. The van der Waals surface area contributed by atoms with Gasteiger partial charge in [0, 0.05) is 0 Å². The lowest BCUT2D eigenvalue weighted by Gasteiger charge is -2.16. The number of alkyl halides is 1. The second kappa shape index (κ2) is 4.75. The van der Waals surface area contributed by atoms with Gasteiger partial charge in [-0.3, -0.25) is 4.79 Å². The molecule has 0 atom stereocenters. The predicted octanol–water partition coefficient (Wildman–Crippen LogP) is 2.20. The number of benzene rings is 1. The van der Waals surface area contributed by atoms with E-state index in [1.807, 2.05) is 0 Å². The molecule has 5 nitrogen and oxygen atoms in total. The van der Waals surface area contributed by atoms with Crippen LogP contribution in [-0.2, 0) is 4.79 Å². The number of aromatic hydroxyl groups is 1. The van der Waals surface area contributed by atoms with Crippen LogP contribution in [0.2, 0.25) is 0 Å². The lowest BCUT2D eigenvalue weighted by molar-refractivity contribution is -0.117. The highest BCUT2D eigenvalue weighted by Gasteiger charge is 2.24. The largest absolute Gasteiger partial charge is 0.506 e. The van der Waals surface area contributed by atoms with Crippen molar-refractivity contribution in [3.63, 3.8) is 0 Å². The summed E-state index contributed by atoms with van der Waals surface area (Å²) in [6.07, 6.45) is 0. The van der Waals surface area contributed by atoms with E-state index >= 15 is 0 Å². The molecule has 0 aromatic heterocycles. The molecule has 1 aromatic carbocycles. The van der Waals surface area contributed by atoms with Gasteiger partial charge in [-0.05, 0) is 32.0 Å². The van der Waals surface area contributed by atoms with Crippen LogP contribution in [0.5, 0.6) is 5.75 Å². The number of carbonyl (C=O) groups is 2. The van der Waals surface area contributed by atoms with Crippen LogP contribution in [0.25, 0.3) is 0 Å². The molecule has 0 saturated heterocycles. The molecule has 0 radical (unpaired) electrons. The fourth-order valence-electron chi connectivity index (χ4n) is 1.04. The van der Waals surface area contributed by atoms with Gasteiger partial charge < -0.3 is 15.5 Å². The van der Waals surface area contributed by atoms with Gasteiger partial charge >= 0.3 is 5.97 Å². The monoisotopic (exact) mass is 301 g/mol. The molecule has 0 heterocycles. The van der Waals surface area contributed by atoms with E-state index < -0.39 is 10.3 Å². The van der Waals surface area contributed by atoms with Crippen molar-refractivity contribution in [3.05, 3.63) is 23.8 Å². The molecule has 0 saturated carbocycles. The minimum Gasteiger partial charge on any atom is -0.506 e. The van der Waals surface area contributed by atoms with Crippen molar-refractivity contribution in [3.8, 4) is 5.75 Å². The quantitative estimate of drug-likeness (QED) is 0.590. The standard InChI is InChI=1S/C11H12BrNO4/c1-11(2,12)10(17)13-7-5-6(9(15)16)3-4-8(7)14/h3-5,14H,1-2H3,(H,13,17)(H,15,16). The number of hydrogen-bond donors (Lipinski definition) is 3. The molecule has 1 amide bonds. The van der Waals surface area contributed by atoms with Gasteiger partial charge in [0.15, 0.2) is 0 Å². The van der Waals surface area contributed by atoms with Gasteiger partial charge in [0.05, 0.1) is 15.6 Å². The summed E-state index contributed by atoms with van der Waals surface area (Å²) in [5.41, 5.74) is 0.0629. The minimum absolute atomic E-state index is 0.00882. The van der Waals surface area contributed by atoms with Crippen molar-refractivity contribution in [2.24, 2.45) is 0 Å². The maximum absolute atomic E-state index is 11.7. The third-order valence-corrected chi connectivity index (χ3v) is 2.39. The zero-order valence-electron chi connectivity index (χ0n) is 9.32. The van der Waals surface area contributed by atoms with Crippen molar-refractivity contribution in [2.75, 3.05) is 5.32 Å². The zero-order chi connectivity index (χ0) is 13.2. The van der Waals surface area contributed by atoms with Gasteiger partial charge in [0.1, 0.15) is 5.75 Å². The van der Waals surface area contributed by atoms with Crippen LogP contribution in [0.15, 0.2) is 18.2 Å². The van der Waals surface area contributed by atoms with E-state index in [1.165, 1.54) is 18.2 Å². The number of carboxylic acids is 1. The van der Waals surface area contributed by atoms with Gasteiger partial charge in [-0.2, -0.15) is 0 Å². The molecule has 0 aliphatic heterocycles. The summed E-state index contributed by atoms with van der Waals surface area (Å²) in [6, 6.07) is 3.68. The maximum Gasteiger partial charge on any atom is 0.335 e. The molecular formula is C11H12BrNO4. The third kappa shape index (κ3) is 3.45. The van der Waals surface area contributed by atoms with E-state index in [-0.39, 0.29) is 22.9 Å².